The molecule has 0 heterocycles. The van der Waals surface area contributed by atoms with Gasteiger partial charge in [0, 0.05) is 12.6 Å². The summed E-state index contributed by atoms with van der Waals surface area (Å²) in [5.41, 5.74) is 1.67. The van der Waals surface area contributed by atoms with E-state index in [-0.39, 0.29) is 0 Å². The van der Waals surface area contributed by atoms with E-state index in [4.69, 9.17) is 4.74 Å². The Balaban J connectivity index is 2.04. The molecule has 20 heavy (non-hydrogen) atoms. The van der Waals surface area contributed by atoms with Crippen molar-refractivity contribution in [1.29, 1.82) is 0 Å². The Morgan fingerprint density at radius 2 is 1.90 bits per heavy atom. The monoisotopic (exact) mass is 403 g/mol. The SMILES string of the molecule is COc1c(Br)cc(CNC2CCCCC2(C)C)cc1Br. The molecule has 1 N–H and O–H groups in total. The maximum absolute atomic E-state index is 5.34. The van der Waals surface area contributed by atoms with E-state index in [0.717, 1.165) is 21.2 Å². The number of ether oxygens (including phenoxy) is 1. The number of hydrogen-bond donors (Lipinski definition) is 1. The molecule has 0 amide bonds. The molecule has 0 aliphatic heterocycles. The Kier molecular flexibility index (Phi) is 5.55. The van der Waals surface area contributed by atoms with Gasteiger partial charge in [0.15, 0.2) is 0 Å². The third-order valence-corrected chi connectivity index (χ3v) is 5.50. The van der Waals surface area contributed by atoms with Gasteiger partial charge in [-0.1, -0.05) is 26.7 Å². The van der Waals surface area contributed by atoms with Gasteiger partial charge in [0.1, 0.15) is 5.75 Å². The second-order valence-corrected chi connectivity index (χ2v) is 7.97. The summed E-state index contributed by atoms with van der Waals surface area (Å²) >= 11 is 7.13. The molecule has 0 radical (unpaired) electrons. The number of nitrogens with one attached hydrogen (secondary N) is 1. The second kappa shape index (κ2) is 6.80. The first-order valence-electron chi connectivity index (χ1n) is 7.19. The van der Waals surface area contributed by atoms with E-state index >= 15 is 0 Å². The van der Waals surface area contributed by atoms with Crippen LogP contribution in [0.1, 0.15) is 45.1 Å². The van der Waals surface area contributed by atoms with Crippen molar-refractivity contribution in [2.24, 2.45) is 5.41 Å². The Labute approximate surface area is 138 Å². The van der Waals surface area contributed by atoms with Gasteiger partial charge >= 0.3 is 0 Å². The molecule has 1 unspecified atom stereocenters. The minimum atomic E-state index is 0.402. The Hall–Kier alpha value is -0.0600. The fourth-order valence-electron chi connectivity index (χ4n) is 3.02. The zero-order chi connectivity index (χ0) is 14.8. The first kappa shape index (κ1) is 16.3. The van der Waals surface area contributed by atoms with E-state index in [1.165, 1.54) is 31.2 Å². The summed E-state index contributed by atoms with van der Waals surface area (Å²) in [5, 5.41) is 3.74. The Morgan fingerprint density at radius 3 is 2.45 bits per heavy atom. The van der Waals surface area contributed by atoms with Crippen molar-refractivity contribution >= 4 is 31.9 Å². The van der Waals surface area contributed by atoms with Crippen molar-refractivity contribution < 1.29 is 4.74 Å². The molecule has 1 aromatic carbocycles. The van der Waals surface area contributed by atoms with Gasteiger partial charge in [0.2, 0.25) is 0 Å². The number of halogens is 2. The molecular formula is C16H23Br2NO. The molecule has 1 saturated carbocycles. The molecule has 1 aromatic rings. The van der Waals surface area contributed by atoms with Gasteiger partial charge in [-0.2, -0.15) is 0 Å². The van der Waals surface area contributed by atoms with Crippen LogP contribution in [0.3, 0.4) is 0 Å². The molecule has 0 spiro atoms. The molecule has 2 nitrogen and oxygen atoms in total. The van der Waals surface area contributed by atoms with Crippen LogP contribution in [-0.4, -0.2) is 13.2 Å². The highest BCUT2D eigenvalue weighted by atomic mass is 79.9. The van der Waals surface area contributed by atoms with Crippen molar-refractivity contribution in [2.75, 3.05) is 7.11 Å². The summed E-state index contributed by atoms with van der Waals surface area (Å²) in [6, 6.07) is 4.87. The number of rotatable bonds is 4. The summed E-state index contributed by atoms with van der Waals surface area (Å²) in [6.07, 6.45) is 5.31. The van der Waals surface area contributed by atoms with Gasteiger partial charge in [0.05, 0.1) is 16.1 Å². The molecule has 0 bridgehead atoms. The minimum absolute atomic E-state index is 0.402. The van der Waals surface area contributed by atoms with E-state index in [1.54, 1.807) is 7.11 Å². The van der Waals surface area contributed by atoms with Gasteiger partial charge in [-0.3, -0.25) is 0 Å². The fraction of sp³-hybridized carbons (Fsp3) is 0.625. The van der Waals surface area contributed by atoms with Crippen LogP contribution in [0.4, 0.5) is 0 Å². The van der Waals surface area contributed by atoms with E-state index in [0.29, 0.717) is 11.5 Å². The van der Waals surface area contributed by atoms with E-state index in [2.05, 4.69) is 63.2 Å². The van der Waals surface area contributed by atoms with Crippen LogP contribution in [-0.2, 0) is 6.54 Å². The summed E-state index contributed by atoms with van der Waals surface area (Å²) in [6.45, 7) is 5.66. The lowest BCUT2D eigenvalue weighted by Crippen LogP contribution is -2.43. The predicted molar refractivity (Wildman–Crippen MR) is 91.3 cm³/mol. The zero-order valence-corrected chi connectivity index (χ0v) is 15.6. The Morgan fingerprint density at radius 1 is 1.25 bits per heavy atom. The molecule has 0 aromatic heterocycles. The largest absolute Gasteiger partial charge is 0.494 e. The summed E-state index contributed by atoms with van der Waals surface area (Å²) in [5.74, 6) is 0.853. The second-order valence-electron chi connectivity index (χ2n) is 6.26. The maximum atomic E-state index is 5.34. The first-order chi connectivity index (χ1) is 9.44. The number of hydrogen-bond acceptors (Lipinski definition) is 2. The molecule has 0 saturated heterocycles. The average molecular weight is 405 g/mol. The third kappa shape index (κ3) is 3.77. The standard InChI is InChI=1S/C16H23Br2NO/c1-16(2)7-5-4-6-14(16)19-10-11-8-12(17)15(20-3)13(18)9-11/h8-9,14,19H,4-7,10H2,1-3H3. The Bertz CT molecular complexity index is 451. The van der Waals surface area contributed by atoms with Crippen LogP contribution in [0.25, 0.3) is 0 Å². The van der Waals surface area contributed by atoms with E-state index in [1.807, 2.05) is 0 Å². The lowest BCUT2D eigenvalue weighted by Gasteiger charge is -2.39. The van der Waals surface area contributed by atoms with Crippen molar-refractivity contribution in [3.05, 3.63) is 26.6 Å². The minimum Gasteiger partial charge on any atom is -0.494 e. The molecule has 1 fully saturated rings. The van der Waals surface area contributed by atoms with Crippen LogP contribution < -0.4 is 10.1 Å². The summed E-state index contributed by atoms with van der Waals surface area (Å²) in [4.78, 5) is 0. The van der Waals surface area contributed by atoms with Crippen LogP contribution in [0.15, 0.2) is 21.1 Å². The van der Waals surface area contributed by atoms with Crippen molar-refractivity contribution in [2.45, 2.75) is 52.1 Å². The van der Waals surface area contributed by atoms with Crippen molar-refractivity contribution in [1.82, 2.24) is 5.32 Å². The zero-order valence-electron chi connectivity index (χ0n) is 12.4. The quantitative estimate of drug-likeness (QED) is 0.736. The van der Waals surface area contributed by atoms with Gasteiger partial charge < -0.3 is 10.1 Å². The van der Waals surface area contributed by atoms with Crippen LogP contribution in [0, 0.1) is 5.41 Å². The lowest BCUT2D eigenvalue weighted by atomic mass is 9.73. The summed E-state index contributed by atoms with van der Waals surface area (Å²) < 4.78 is 7.33. The first-order valence-corrected chi connectivity index (χ1v) is 8.78. The van der Waals surface area contributed by atoms with Crippen LogP contribution in [0.2, 0.25) is 0 Å². The topological polar surface area (TPSA) is 21.3 Å². The van der Waals surface area contributed by atoms with Gasteiger partial charge in [-0.25, -0.2) is 0 Å². The maximum Gasteiger partial charge on any atom is 0.147 e. The highest BCUT2D eigenvalue weighted by molar-refractivity contribution is 9.11. The van der Waals surface area contributed by atoms with Crippen LogP contribution in [0.5, 0.6) is 5.75 Å². The molecule has 112 valence electrons. The van der Waals surface area contributed by atoms with E-state index < -0.39 is 0 Å². The van der Waals surface area contributed by atoms with Crippen molar-refractivity contribution in [3.63, 3.8) is 0 Å². The fourth-order valence-corrected chi connectivity index (χ4v) is 4.63. The molecule has 1 aliphatic rings. The predicted octanol–water partition coefficient (Wildman–Crippen LogP) is 5.28. The number of methoxy groups -OCH3 is 1. The van der Waals surface area contributed by atoms with Gasteiger partial charge in [0.25, 0.3) is 0 Å². The van der Waals surface area contributed by atoms with Gasteiger partial charge in [-0.15, -0.1) is 0 Å². The highest BCUT2D eigenvalue weighted by Crippen LogP contribution is 2.37. The summed E-state index contributed by atoms with van der Waals surface area (Å²) in [7, 11) is 1.69. The van der Waals surface area contributed by atoms with Crippen molar-refractivity contribution in [3.8, 4) is 5.75 Å². The molecular weight excluding hydrogens is 382 g/mol. The van der Waals surface area contributed by atoms with E-state index in [9.17, 15) is 0 Å². The van der Waals surface area contributed by atoms with Gasteiger partial charge in [-0.05, 0) is 67.8 Å². The lowest BCUT2D eigenvalue weighted by molar-refractivity contribution is 0.167. The highest BCUT2D eigenvalue weighted by Gasteiger charge is 2.31. The van der Waals surface area contributed by atoms with Crippen LogP contribution >= 0.6 is 31.9 Å². The molecule has 1 atom stereocenters. The molecule has 4 heteroatoms. The normalized spacial score (nSPS) is 21.8. The third-order valence-electron chi connectivity index (χ3n) is 4.32. The average Bonchev–Trinajstić information content (AvgIpc) is 2.36. The number of benzene rings is 1. The smallest absolute Gasteiger partial charge is 0.147 e. The molecule has 1 aliphatic carbocycles. The molecule has 2 rings (SSSR count).